The summed E-state index contributed by atoms with van der Waals surface area (Å²) >= 11 is 0. The Kier molecular flexibility index (Phi) is 8.20. The molecule has 0 bridgehead atoms. The number of aliphatic hydroxyl groups is 6. The fourth-order valence-electron chi connectivity index (χ4n) is 4.79. The van der Waals surface area contributed by atoms with E-state index in [4.69, 9.17) is 23.4 Å². The smallest absolute Gasteiger partial charge is 0.229 e. The molecule has 2 aliphatic heterocycles. The first-order chi connectivity index (χ1) is 19.5. The molecule has 8 N–H and O–H groups in total. The fourth-order valence-corrected chi connectivity index (χ4v) is 4.79. The van der Waals surface area contributed by atoms with E-state index in [9.17, 15) is 45.6 Å². The number of phenols is 2. The van der Waals surface area contributed by atoms with E-state index in [1.165, 1.54) is 43.3 Å². The number of benzene rings is 2. The lowest BCUT2D eigenvalue weighted by Gasteiger charge is -2.45. The Labute approximate surface area is 231 Å². The lowest BCUT2D eigenvalue weighted by atomic mass is 9.97. The van der Waals surface area contributed by atoms with Gasteiger partial charge in [0, 0.05) is 23.8 Å². The van der Waals surface area contributed by atoms with Crippen LogP contribution in [0.15, 0.2) is 51.7 Å². The average Bonchev–Trinajstić information content (AvgIpc) is 2.94. The molecule has 5 rings (SSSR count). The lowest BCUT2D eigenvalue weighted by molar-refractivity contribution is -0.354. The summed E-state index contributed by atoms with van der Waals surface area (Å²) in [4.78, 5) is 12.8. The Bertz CT molecular complexity index is 1420. The van der Waals surface area contributed by atoms with E-state index in [0.717, 1.165) is 6.07 Å². The molecule has 14 heteroatoms. The maximum absolute atomic E-state index is 12.8. The van der Waals surface area contributed by atoms with Gasteiger partial charge in [0.05, 0.1) is 12.7 Å². The van der Waals surface area contributed by atoms with Crippen LogP contribution >= 0.6 is 0 Å². The predicted molar refractivity (Wildman–Crippen MR) is 137 cm³/mol. The summed E-state index contributed by atoms with van der Waals surface area (Å²) < 4.78 is 28.4. The van der Waals surface area contributed by atoms with E-state index >= 15 is 0 Å². The van der Waals surface area contributed by atoms with E-state index in [-0.39, 0.29) is 28.2 Å². The summed E-state index contributed by atoms with van der Waals surface area (Å²) in [6, 6.07) is 9.38. The molecule has 2 fully saturated rings. The highest BCUT2D eigenvalue weighted by molar-refractivity contribution is 5.86. The van der Waals surface area contributed by atoms with Crippen molar-refractivity contribution in [3.8, 4) is 28.6 Å². The number of aromatic hydroxyl groups is 2. The van der Waals surface area contributed by atoms with Crippen LogP contribution in [0.2, 0.25) is 0 Å². The second kappa shape index (κ2) is 11.5. The van der Waals surface area contributed by atoms with Crippen molar-refractivity contribution in [1.82, 2.24) is 0 Å². The Morgan fingerprint density at radius 3 is 2.22 bits per heavy atom. The molecule has 2 aromatic carbocycles. The van der Waals surface area contributed by atoms with Crippen molar-refractivity contribution >= 4 is 11.0 Å². The van der Waals surface area contributed by atoms with E-state index < -0.39 is 79.2 Å². The lowest BCUT2D eigenvalue weighted by Crippen LogP contribution is -2.64. The van der Waals surface area contributed by atoms with Crippen LogP contribution in [-0.4, -0.2) is 109 Å². The van der Waals surface area contributed by atoms with Crippen LogP contribution in [-0.2, 0) is 14.2 Å². The summed E-state index contributed by atoms with van der Waals surface area (Å²) in [5.41, 5.74) is -0.182. The number of hydrogen-bond acceptors (Lipinski definition) is 14. The minimum atomic E-state index is -1.76. The third-order valence-corrected chi connectivity index (χ3v) is 7.11. The van der Waals surface area contributed by atoms with Crippen molar-refractivity contribution in [3.05, 3.63) is 52.7 Å². The maximum Gasteiger partial charge on any atom is 0.229 e. The predicted octanol–water partition coefficient (Wildman–Crippen LogP) is -1.10. The summed E-state index contributed by atoms with van der Waals surface area (Å²) in [6.45, 7) is 0.704. The van der Waals surface area contributed by atoms with Gasteiger partial charge in [0.1, 0.15) is 70.6 Å². The first-order valence-electron chi connectivity index (χ1n) is 12.7. The SMILES string of the molecule is C[C@@H]1O[C@@H](O[C@H]2C(Oc3cc(O)c4c(=O)cc(-c5ccc(O)cc5)oc4c3)O[C@H](CO)[C@@H](O)[C@@H]2O)C(O)[C@H](O)[C@@H]1O. The zero-order valence-electron chi connectivity index (χ0n) is 21.5. The molecular formula is C27H30O14. The minimum absolute atomic E-state index is 0.00857. The normalized spacial score (nSPS) is 34.0. The first kappa shape index (κ1) is 29.2. The Balaban J connectivity index is 1.47. The van der Waals surface area contributed by atoms with Gasteiger partial charge in [-0.25, -0.2) is 0 Å². The number of aliphatic hydroxyl groups excluding tert-OH is 6. The molecule has 0 radical (unpaired) electrons. The van der Waals surface area contributed by atoms with Gasteiger partial charge in [0.15, 0.2) is 17.8 Å². The maximum atomic E-state index is 12.8. The van der Waals surface area contributed by atoms with Crippen molar-refractivity contribution in [2.24, 2.45) is 0 Å². The number of rotatable bonds is 6. The number of ether oxygens (including phenoxy) is 4. The van der Waals surface area contributed by atoms with Gasteiger partial charge >= 0.3 is 0 Å². The van der Waals surface area contributed by atoms with Gasteiger partial charge in [-0.15, -0.1) is 0 Å². The molecule has 222 valence electrons. The summed E-state index contributed by atoms with van der Waals surface area (Å²) in [5.74, 6) is -0.498. The Morgan fingerprint density at radius 1 is 0.829 bits per heavy atom. The van der Waals surface area contributed by atoms with Crippen LogP contribution in [0.25, 0.3) is 22.3 Å². The van der Waals surface area contributed by atoms with Gasteiger partial charge in [0.25, 0.3) is 0 Å². The van der Waals surface area contributed by atoms with Crippen molar-refractivity contribution in [2.75, 3.05) is 6.61 Å². The monoisotopic (exact) mass is 578 g/mol. The van der Waals surface area contributed by atoms with Crippen LogP contribution in [0.4, 0.5) is 0 Å². The van der Waals surface area contributed by atoms with Crippen LogP contribution < -0.4 is 10.2 Å². The third kappa shape index (κ3) is 5.61. The highest BCUT2D eigenvalue weighted by atomic mass is 16.8. The van der Waals surface area contributed by atoms with Crippen molar-refractivity contribution in [1.29, 1.82) is 0 Å². The highest BCUT2D eigenvalue weighted by Gasteiger charge is 2.50. The number of hydrogen-bond donors (Lipinski definition) is 8. The van der Waals surface area contributed by atoms with E-state index in [1.54, 1.807) is 0 Å². The van der Waals surface area contributed by atoms with Gasteiger partial charge < -0.3 is 64.2 Å². The molecule has 3 heterocycles. The molecule has 0 amide bonds. The second-order valence-electron chi connectivity index (χ2n) is 9.94. The zero-order chi connectivity index (χ0) is 29.6. The summed E-state index contributed by atoms with van der Waals surface area (Å²) in [5, 5.41) is 81.4. The standard InChI is InChI=1S/C27H30O14/c1-10-20(32)22(34)24(36)26(37-10)41-25-23(35)21(33)18(9-28)40-27(25)38-13-6-14(30)19-15(31)8-16(39-17(19)7-13)11-2-4-12(29)5-3-11/h2-8,10,18,20-30,32-36H,9H2,1H3/t10-,18+,20+,21+,22+,23-,24?,25+,26-,27?/m0/s1. The molecule has 10 atom stereocenters. The molecule has 14 nitrogen and oxygen atoms in total. The van der Waals surface area contributed by atoms with Gasteiger partial charge in [-0.1, -0.05) is 0 Å². The van der Waals surface area contributed by atoms with Gasteiger partial charge in [-0.05, 0) is 31.2 Å². The van der Waals surface area contributed by atoms with Crippen LogP contribution in [0.5, 0.6) is 17.2 Å². The largest absolute Gasteiger partial charge is 0.508 e. The molecular weight excluding hydrogens is 548 g/mol. The Morgan fingerprint density at radius 2 is 1.54 bits per heavy atom. The molecule has 3 aromatic rings. The molecule has 0 saturated carbocycles. The van der Waals surface area contributed by atoms with Gasteiger partial charge in [-0.3, -0.25) is 4.79 Å². The molecule has 1 aromatic heterocycles. The average molecular weight is 579 g/mol. The van der Waals surface area contributed by atoms with Gasteiger partial charge in [-0.2, -0.15) is 0 Å². The zero-order valence-corrected chi connectivity index (χ0v) is 21.5. The van der Waals surface area contributed by atoms with Crippen LogP contribution in [0.3, 0.4) is 0 Å². The molecule has 2 unspecified atom stereocenters. The van der Waals surface area contributed by atoms with Gasteiger partial charge in [0.2, 0.25) is 6.29 Å². The van der Waals surface area contributed by atoms with Crippen LogP contribution in [0, 0.1) is 0 Å². The number of phenolic OH excluding ortho intramolecular Hbond substituents is 2. The first-order valence-corrected chi connectivity index (χ1v) is 12.7. The van der Waals surface area contributed by atoms with Crippen LogP contribution in [0.1, 0.15) is 6.92 Å². The molecule has 41 heavy (non-hydrogen) atoms. The summed E-state index contributed by atoms with van der Waals surface area (Å²) in [6.07, 6.45) is -15.3. The molecule has 0 spiro atoms. The topological polar surface area (TPSA) is 229 Å². The summed E-state index contributed by atoms with van der Waals surface area (Å²) in [7, 11) is 0. The van der Waals surface area contributed by atoms with Crippen molar-refractivity contribution in [2.45, 2.75) is 68.3 Å². The molecule has 0 aliphatic carbocycles. The van der Waals surface area contributed by atoms with E-state index in [0.29, 0.717) is 5.56 Å². The minimum Gasteiger partial charge on any atom is -0.508 e. The van der Waals surface area contributed by atoms with E-state index in [1.807, 2.05) is 0 Å². The fraction of sp³-hybridized carbons (Fsp3) is 0.444. The van der Waals surface area contributed by atoms with Crippen molar-refractivity contribution in [3.63, 3.8) is 0 Å². The quantitative estimate of drug-likeness (QED) is 0.174. The molecule has 2 aliphatic rings. The van der Waals surface area contributed by atoms with E-state index in [2.05, 4.69) is 0 Å². The number of fused-ring (bicyclic) bond motifs is 1. The second-order valence-corrected chi connectivity index (χ2v) is 9.94. The molecule has 2 saturated heterocycles. The third-order valence-electron chi connectivity index (χ3n) is 7.11. The Hall–Kier alpha value is -3.31. The highest BCUT2D eigenvalue weighted by Crippen LogP contribution is 2.35. The van der Waals surface area contributed by atoms with Crippen molar-refractivity contribution < 1.29 is 64.2 Å².